The number of ketones is 1. The minimum absolute atomic E-state index is 0.0261. The molecular weight excluding hydrogens is 376 g/mol. The van der Waals surface area contributed by atoms with Crippen molar-refractivity contribution < 1.29 is 14.6 Å². The van der Waals surface area contributed by atoms with Gasteiger partial charge in [0.25, 0.3) is 0 Å². The number of allylic oxidation sites excluding steroid dienone is 2. The molecule has 2 N–H and O–H groups in total. The topological polar surface area (TPSA) is 89.3 Å². The van der Waals surface area contributed by atoms with E-state index in [0.717, 1.165) is 24.1 Å². The summed E-state index contributed by atoms with van der Waals surface area (Å²) < 4.78 is 7.44. The molecule has 8 heteroatoms. The number of halogens is 1. The largest absolute Gasteiger partial charge is 0.503 e. The summed E-state index contributed by atoms with van der Waals surface area (Å²) in [5.41, 5.74) is 2.41. The smallest absolute Gasteiger partial charge is 0.226 e. The highest BCUT2D eigenvalue weighted by molar-refractivity contribution is 9.10. The van der Waals surface area contributed by atoms with Gasteiger partial charge in [-0.15, -0.1) is 0 Å². The van der Waals surface area contributed by atoms with E-state index in [9.17, 15) is 9.90 Å². The van der Waals surface area contributed by atoms with Crippen LogP contribution in [0.4, 0.5) is 5.95 Å². The van der Waals surface area contributed by atoms with Crippen molar-refractivity contribution in [2.45, 2.75) is 25.3 Å². The first-order valence-corrected chi connectivity index (χ1v) is 8.38. The first-order chi connectivity index (χ1) is 11.6. The molecule has 1 aromatic heterocycles. The van der Waals surface area contributed by atoms with E-state index in [4.69, 9.17) is 4.74 Å². The zero-order valence-electron chi connectivity index (χ0n) is 12.9. The van der Waals surface area contributed by atoms with Gasteiger partial charge >= 0.3 is 0 Å². The van der Waals surface area contributed by atoms with Crippen LogP contribution in [0.15, 0.2) is 34.2 Å². The maximum Gasteiger partial charge on any atom is 0.226 e. The number of rotatable bonds is 2. The molecule has 2 heterocycles. The Morgan fingerprint density at radius 2 is 2.25 bits per heavy atom. The Kier molecular flexibility index (Phi) is 3.56. The number of carbonyl (C=O) groups is 1. The average molecular weight is 391 g/mol. The number of anilines is 1. The minimum Gasteiger partial charge on any atom is -0.503 e. The monoisotopic (exact) mass is 390 g/mol. The lowest BCUT2D eigenvalue weighted by Crippen LogP contribution is -2.31. The fourth-order valence-electron chi connectivity index (χ4n) is 3.31. The molecule has 1 aliphatic carbocycles. The molecular formula is C16H15BrN4O3. The molecule has 1 aliphatic heterocycles. The Balaban J connectivity index is 1.94. The number of methoxy groups -OCH3 is 1. The summed E-state index contributed by atoms with van der Waals surface area (Å²) in [5.74, 6) is 1.08. The number of fused-ring (bicyclic) bond motifs is 1. The maximum absolute atomic E-state index is 12.6. The molecule has 2 aromatic rings. The van der Waals surface area contributed by atoms with Crippen LogP contribution >= 0.6 is 15.9 Å². The molecule has 0 saturated carbocycles. The van der Waals surface area contributed by atoms with E-state index in [0.29, 0.717) is 28.2 Å². The normalized spacial score (nSPS) is 19.6. The van der Waals surface area contributed by atoms with Crippen LogP contribution in [0.3, 0.4) is 0 Å². The second kappa shape index (κ2) is 5.62. The van der Waals surface area contributed by atoms with Crippen molar-refractivity contribution in [3.63, 3.8) is 0 Å². The standard InChI is InChI=1S/C16H15BrN4O3/c1-24-12-6-8(5-9(17)15(12)23)14-13-10(3-2-4-11(13)22)20-16-18-7-19-21(14)16/h5-7,14,23H,2-4H2,1H3,(H,18,19,20). The van der Waals surface area contributed by atoms with Gasteiger partial charge in [-0.25, -0.2) is 4.68 Å². The first-order valence-electron chi connectivity index (χ1n) is 7.59. The maximum atomic E-state index is 12.6. The SMILES string of the molecule is COc1cc(C2C3=C(CCCC3=O)Nc3ncnn32)cc(Br)c1O. The number of Topliss-reactive ketones (excluding diaryl/α,β-unsaturated/α-hetero) is 1. The predicted molar refractivity (Wildman–Crippen MR) is 90.0 cm³/mol. The Morgan fingerprint density at radius 3 is 3.04 bits per heavy atom. The van der Waals surface area contributed by atoms with Gasteiger partial charge in [-0.2, -0.15) is 10.1 Å². The molecule has 0 radical (unpaired) electrons. The van der Waals surface area contributed by atoms with Crippen molar-refractivity contribution in [3.05, 3.63) is 39.8 Å². The Morgan fingerprint density at radius 1 is 1.42 bits per heavy atom. The number of carbonyl (C=O) groups excluding carboxylic acids is 1. The third-order valence-electron chi connectivity index (χ3n) is 4.40. The highest BCUT2D eigenvalue weighted by atomic mass is 79.9. The molecule has 4 rings (SSSR count). The molecule has 7 nitrogen and oxygen atoms in total. The van der Waals surface area contributed by atoms with E-state index in [2.05, 4.69) is 31.3 Å². The predicted octanol–water partition coefficient (Wildman–Crippen LogP) is 2.78. The quantitative estimate of drug-likeness (QED) is 0.819. The van der Waals surface area contributed by atoms with Crippen LogP contribution in [0.25, 0.3) is 0 Å². The van der Waals surface area contributed by atoms with Gasteiger partial charge in [-0.05, 0) is 46.5 Å². The van der Waals surface area contributed by atoms with Crippen molar-refractivity contribution in [2.24, 2.45) is 0 Å². The van der Waals surface area contributed by atoms with E-state index in [1.807, 2.05) is 0 Å². The van der Waals surface area contributed by atoms with Gasteiger partial charge < -0.3 is 15.2 Å². The molecule has 2 aliphatic rings. The summed E-state index contributed by atoms with van der Waals surface area (Å²) >= 11 is 3.35. The van der Waals surface area contributed by atoms with Crippen LogP contribution in [0.2, 0.25) is 0 Å². The Bertz CT molecular complexity index is 874. The van der Waals surface area contributed by atoms with Crippen molar-refractivity contribution >= 4 is 27.7 Å². The van der Waals surface area contributed by atoms with Crippen molar-refractivity contribution in [2.75, 3.05) is 12.4 Å². The number of ether oxygens (including phenoxy) is 1. The van der Waals surface area contributed by atoms with Gasteiger partial charge in [-0.3, -0.25) is 4.79 Å². The molecule has 0 fully saturated rings. The molecule has 0 saturated heterocycles. The number of nitrogens with zero attached hydrogens (tertiary/aromatic N) is 3. The van der Waals surface area contributed by atoms with Crippen LogP contribution in [0.1, 0.15) is 30.9 Å². The molecule has 1 atom stereocenters. The summed E-state index contributed by atoms with van der Waals surface area (Å²) in [6.07, 6.45) is 3.62. The number of hydrogen-bond acceptors (Lipinski definition) is 6. The number of benzene rings is 1. The Labute approximate surface area is 146 Å². The van der Waals surface area contributed by atoms with Crippen LogP contribution in [0.5, 0.6) is 11.5 Å². The molecule has 124 valence electrons. The second-order valence-electron chi connectivity index (χ2n) is 5.78. The van der Waals surface area contributed by atoms with Crippen LogP contribution in [-0.4, -0.2) is 32.8 Å². The van der Waals surface area contributed by atoms with Gasteiger partial charge in [-0.1, -0.05) is 0 Å². The molecule has 0 bridgehead atoms. The minimum atomic E-state index is -0.391. The summed E-state index contributed by atoms with van der Waals surface area (Å²) in [6, 6.07) is 3.12. The number of nitrogens with one attached hydrogen (secondary N) is 1. The molecule has 0 amide bonds. The van der Waals surface area contributed by atoms with E-state index in [1.54, 1.807) is 16.8 Å². The highest BCUT2D eigenvalue weighted by Gasteiger charge is 2.36. The van der Waals surface area contributed by atoms with Gasteiger partial charge in [0.05, 0.1) is 11.6 Å². The van der Waals surface area contributed by atoms with Gasteiger partial charge in [0.15, 0.2) is 17.3 Å². The molecule has 1 unspecified atom stereocenters. The van der Waals surface area contributed by atoms with E-state index >= 15 is 0 Å². The zero-order valence-corrected chi connectivity index (χ0v) is 14.5. The number of phenols is 1. The van der Waals surface area contributed by atoms with Gasteiger partial charge in [0.1, 0.15) is 12.4 Å². The van der Waals surface area contributed by atoms with E-state index < -0.39 is 6.04 Å². The zero-order chi connectivity index (χ0) is 16.8. The van der Waals surface area contributed by atoms with Crippen molar-refractivity contribution in [1.29, 1.82) is 0 Å². The molecule has 1 aromatic carbocycles. The van der Waals surface area contributed by atoms with Crippen LogP contribution in [-0.2, 0) is 4.79 Å². The van der Waals surface area contributed by atoms with E-state index in [-0.39, 0.29) is 11.5 Å². The third kappa shape index (κ3) is 2.21. The number of aromatic hydroxyl groups is 1. The van der Waals surface area contributed by atoms with E-state index in [1.165, 1.54) is 13.4 Å². The van der Waals surface area contributed by atoms with Crippen LogP contribution in [0, 0.1) is 0 Å². The summed E-state index contributed by atoms with van der Waals surface area (Å²) in [4.78, 5) is 16.8. The fourth-order valence-corrected chi connectivity index (χ4v) is 3.77. The summed E-state index contributed by atoms with van der Waals surface area (Å²) in [6.45, 7) is 0. The summed E-state index contributed by atoms with van der Waals surface area (Å²) in [5, 5.41) is 17.6. The third-order valence-corrected chi connectivity index (χ3v) is 5.00. The number of phenolic OH excluding ortho intramolecular Hbond substituents is 1. The number of hydrogen-bond donors (Lipinski definition) is 2. The molecule has 24 heavy (non-hydrogen) atoms. The lowest BCUT2D eigenvalue weighted by atomic mass is 9.85. The van der Waals surface area contributed by atoms with Crippen molar-refractivity contribution in [1.82, 2.24) is 14.8 Å². The lowest BCUT2D eigenvalue weighted by Gasteiger charge is -2.32. The van der Waals surface area contributed by atoms with Gasteiger partial charge in [0.2, 0.25) is 5.95 Å². The number of aromatic nitrogens is 3. The Hall–Kier alpha value is -2.35. The molecule has 0 spiro atoms. The fraction of sp³-hybridized carbons (Fsp3) is 0.312. The average Bonchev–Trinajstić information content (AvgIpc) is 3.03. The van der Waals surface area contributed by atoms with Crippen LogP contribution < -0.4 is 10.1 Å². The van der Waals surface area contributed by atoms with Gasteiger partial charge in [0, 0.05) is 17.7 Å². The lowest BCUT2D eigenvalue weighted by molar-refractivity contribution is -0.116. The van der Waals surface area contributed by atoms with Crippen molar-refractivity contribution in [3.8, 4) is 11.5 Å². The highest BCUT2D eigenvalue weighted by Crippen LogP contribution is 2.43. The first kappa shape index (κ1) is 15.2. The summed E-state index contributed by atoms with van der Waals surface area (Å²) in [7, 11) is 1.49. The second-order valence-corrected chi connectivity index (χ2v) is 6.63.